The molecule has 0 fully saturated rings. The second-order valence-corrected chi connectivity index (χ2v) is 7.63. The van der Waals surface area contributed by atoms with Crippen LogP contribution in [0.1, 0.15) is 15.9 Å². The van der Waals surface area contributed by atoms with Crippen LogP contribution in [0.25, 0.3) is 16.3 Å². The molecule has 0 bridgehead atoms. The van der Waals surface area contributed by atoms with Crippen LogP contribution in [-0.4, -0.2) is 50.9 Å². The Balaban J connectivity index is 1.99. The molecule has 10 heteroatoms. The lowest BCUT2D eigenvalue weighted by Gasteiger charge is -2.07. The van der Waals surface area contributed by atoms with Crippen molar-refractivity contribution in [3.63, 3.8) is 0 Å². The van der Waals surface area contributed by atoms with Crippen molar-refractivity contribution in [2.45, 2.75) is 6.54 Å². The molecule has 1 aromatic heterocycles. The Morgan fingerprint density at radius 2 is 1.73 bits per heavy atom. The molecule has 0 aliphatic heterocycles. The number of methoxy groups -OCH3 is 4. The summed E-state index contributed by atoms with van der Waals surface area (Å²) in [5.74, 6) is -0.404. The fourth-order valence-electron chi connectivity index (χ4n) is 3.01. The number of thiazole rings is 1. The van der Waals surface area contributed by atoms with Crippen molar-refractivity contribution >= 4 is 45.5 Å². The zero-order valence-corrected chi connectivity index (χ0v) is 19.3. The minimum atomic E-state index is -0.525. The van der Waals surface area contributed by atoms with E-state index in [0.717, 1.165) is 5.56 Å². The average Bonchev–Trinajstić information content (AvgIpc) is 3.17. The predicted molar refractivity (Wildman–Crippen MR) is 122 cm³/mol. The summed E-state index contributed by atoms with van der Waals surface area (Å²) in [7, 11) is 5.64. The third-order valence-electron chi connectivity index (χ3n) is 4.65. The number of nitrogens with zero attached hydrogens (tertiary/aromatic N) is 2. The van der Waals surface area contributed by atoms with E-state index < -0.39 is 17.8 Å². The van der Waals surface area contributed by atoms with Crippen LogP contribution in [-0.2, 0) is 25.6 Å². The molecule has 0 unspecified atom stereocenters. The zero-order valence-electron chi connectivity index (χ0n) is 18.5. The van der Waals surface area contributed by atoms with Crippen molar-refractivity contribution in [1.29, 1.82) is 0 Å². The first-order chi connectivity index (χ1) is 15.9. The highest BCUT2D eigenvalue weighted by molar-refractivity contribution is 7.16. The number of esters is 2. The molecule has 0 atom stereocenters. The summed E-state index contributed by atoms with van der Waals surface area (Å²) in [6, 6.07) is 10.1. The fraction of sp³-hybridized carbons (Fsp3) is 0.217. The maximum Gasteiger partial charge on any atom is 0.337 e. The topological polar surface area (TPSA) is 105 Å². The highest BCUT2D eigenvalue weighted by Gasteiger charge is 2.14. The van der Waals surface area contributed by atoms with Crippen LogP contribution in [0.15, 0.2) is 47.5 Å². The Kier molecular flexibility index (Phi) is 7.62. The van der Waals surface area contributed by atoms with Crippen LogP contribution in [0.4, 0.5) is 0 Å². The van der Waals surface area contributed by atoms with Gasteiger partial charge >= 0.3 is 11.9 Å². The molecule has 2 aromatic carbocycles. The molecule has 9 nitrogen and oxygen atoms in total. The van der Waals surface area contributed by atoms with Crippen molar-refractivity contribution in [3.8, 4) is 11.5 Å². The lowest BCUT2D eigenvalue weighted by Crippen LogP contribution is -2.22. The van der Waals surface area contributed by atoms with Gasteiger partial charge in [-0.1, -0.05) is 17.4 Å². The Hall–Kier alpha value is -3.92. The van der Waals surface area contributed by atoms with Crippen molar-refractivity contribution in [2.75, 3.05) is 28.4 Å². The standard InChI is InChI=1S/C23H22N2O7S/c1-29-17-9-5-14(11-18(17)30-2)6-10-20(26)24-23-25(13-21(27)31-3)16-8-7-15(22(28)32-4)12-19(16)33-23/h5-12H,13H2,1-4H3. The maximum absolute atomic E-state index is 12.6. The number of ether oxygens (including phenoxy) is 4. The molecule has 1 heterocycles. The summed E-state index contributed by atoms with van der Waals surface area (Å²) in [5.41, 5.74) is 1.70. The normalized spacial score (nSPS) is 11.6. The Labute approximate surface area is 193 Å². The SMILES string of the molecule is COC(=O)Cn1c(=NC(=O)C=Cc2ccc(OC)c(OC)c2)sc2cc(C(=O)OC)ccc21. The maximum atomic E-state index is 12.6. The molecular weight excluding hydrogens is 448 g/mol. The Morgan fingerprint density at radius 3 is 2.39 bits per heavy atom. The molecule has 0 saturated heterocycles. The van der Waals surface area contributed by atoms with Gasteiger partial charge in [0.25, 0.3) is 5.91 Å². The van der Waals surface area contributed by atoms with E-state index in [4.69, 9.17) is 18.9 Å². The van der Waals surface area contributed by atoms with Gasteiger partial charge in [0.15, 0.2) is 16.3 Å². The summed E-state index contributed by atoms with van der Waals surface area (Å²) in [6.45, 7) is -0.139. The van der Waals surface area contributed by atoms with Gasteiger partial charge in [-0.25, -0.2) is 4.79 Å². The molecule has 0 aliphatic carbocycles. The smallest absolute Gasteiger partial charge is 0.337 e. The van der Waals surface area contributed by atoms with Gasteiger partial charge in [-0.05, 0) is 42.0 Å². The lowest BCUT2D eigenvalue weighted by atomic mass is 10.2. The van der Waals surface area contributed by atoms with E-state index in [9.17, 15) is 14.4 Å². The van der Waals surface area contributed by atoms with Crippen LogP contribution in [0, 0.1) is 0 Å². The number of fused-ring (bicyclic) bond motifs is 1. The second-order valence-electron chi connectivity index (χ2n) is 6.62. The number of rotatable bonds is 7. The van der Waals surface area contributed by atoms with Gasteiger partial charge in [-0.2, -0.15) is 4.99 Å². The van der Waals surface area contributed by atoms with Crippen molar-refractivity contribution < 1.29 is 33.3 Å². The number of aromatic nitrogens is 1. The van der Waals surface area contributed by atoms with E-state index in [1.807, 2.05) is 0 Å². The van der Waals surface area contributed by atoms with Gasteiger partial charge in [-0.3, -0.25) is 9.59 Å². The number of hydrogen-bond acceptors (Lipinski definition) is 8. The molecule has 3 aromatic rings. The van der Waals surface area contributed by atoms with Gasteiger partial charge in [0.1, 0.15) is 6.54 Å². The minimum Gasteiger partial charge on any atom is -0.493 e. The predicted octanol–water partition coefficient (Wildman–Crippen LogP) is 2.82. The molecule has 1 amide bonds. The van der Waals surface area contributed by atoms with Crippen LogP contribution in [0.3, 0.4) is 0 Å². The van der Waals surface area contributed by atoms with Crippen molar-refractivity contribution in [1.82, 2.24) is 4.57 Å². The highest BCUT2D eigenvalue weighted by Crippen LogP contribution is 2.28. The van der Waals surface area contributed by atoms with Gasteiger partial charge < -0.3 is 23.5 Å². The quantitative estimate of drug-likeness (QED) is 0.386. The number of benzene rings is 2. The first kappa shape index (κ1) is 23.7. The third-order valence-corrected chi connectivity index (χ3v) is 5.69. The average molecular weight is 471 g/mol. The first-order valence-electron chi connectivity index (χ1n) is 9.67. The molecule has 33 heavy (non-hydrogen) atoms. The van der Waals surface area contributed by atoms with Crippen molar-refractivity contribution in [3.05, 3.63) is 58.4 Å². The number of carbonyl (C=O) groups is 3. The Bertz CT molecular complexity index is 1300. The molecule has 0 saturated carbocycles. The summed E-state index contributed by atoms with van der Waals surface area (Å²) < 4.78 is 22.2. The molecule has 0 spiro atoms. The molecule has 0 aliphatic rings. The lowest BCUT2D eigenvalue weighted by molar-refractivity contribution is -0.141. The molecule has 0 N–H and O–H groups in total. The number of hydrogen-bond donors (Lipinski definition) is 0. The van der Waals surface area contributed by atoms with Crippen LogP contribution < -0.4 is 14.3 Å². The van der Waals surface area contributed by atoms with Crippen LogP contribution in [0.2, 0.25) is 0 Å². The summed E-state index contributed by atoms with van der Waals surface area (Å²) in [4.78, 5) is 40.8. The first-order valence-corrected chi connectivity index (χ1v) is 10.5. The highest BCUT2D eigenvalue weighted by atomic mass is 32.1. The van der Waals surface area contributed by atoms with E-state index in [-0.39, 0.29) is 6.54 Å². The Morgan fingerprint density at radius 1 is 0.970 bits per heavy atom. The molecular formula is C23H22N2O7S. The van der Waals surface area contributed by atoms with E-state index >= 15 is 0 Å². The van der Waals surface area contributed by atoms with E-state index in [1.165, 1.54) is 38.7 Å². The molecule has 172 valence electrons. The summed E-state index contributed by atoms with van der Waals surface area (Å²) in [6.07, 6.45) is 2.91. The fourth-order valence-corrected chi connectivity index (χ4v) is 4.08. The molecule has 0 radical (unpaired) electrons. The van der Waals surface area contributed by atoms with Gasteiger partial charge in [0.05, 0.1) is 44.2 Å². The van der Waals surface area contributed by atoms with E-state index in [1.54, 1.807) is 54.2 Å². The minimum absolute atomic E-state index is 0.139. The second kappa shape index (κ2) is 10.6. The third kappa shape index (κ3) is 5.47. The van der Waals surface area contributed by atoms with E-state index in [0.29, 0.717) is 32.1 Å². The summed E-state index contributed by atoms with van der Waals surface area (Å²) >= 11 is 1.17. The monoisotopic (exact) mass is 470 g/mol. The van der Waals surface area contributed by atoms with Crippen LogP contribution >= 0.6 is 11.3 Å². The van der Waals surface area contributed by atoms with Crippen molar-refractivity contribution in [2.24, 2.45) is 4.99 Å². The van der Waals surface area contributed by atoms with Gasteiger partial charge in [-0.15, -0.1) is 0 Å². The zero-order chi connectivity index (χ0) is 24.0. The largest absolute Gasteiger partial charge is 0.493 e. The number of carbonyl (C=O) groups excluding carboxylic acids is 3. The van der Waals surface area contributed by atoms with Crippen LogP contribution in [0.5, 0.6) is 11.5 Å². The number of amides is 1. The summed E-state index contributed by atoms with van der Waals surface area (Å²) in [5, 5.41) is 0. The van der Waals surface area contributed by atoms with E-state index in [2.05, 4.69) is 4.99 Å². The molecule has 3 rings (SSSR count). The van der Waals surface area contributed by atoms with Gasteiger partial charge in [0, 0.05) is 6.08 Å². The van der Waals surface area contributed by atoms with Gasteiger partial charge in [0.2, 0.25) is 0 Å².